The maximum atomic E-state index is 10.3. The molecule has 2 rings (SSSR count). The van der Waals surface area contributed by atoms with Crippen molar-refractivity contribution in [2.45, 2.75) is 77.5 Å². The normalized spacial score (nSPS) is 24.1. The minimum Gasteiger partial charge on any atom is -0.380 e. The molecule has 5 heteroatoms. The summed E-state index contributed by atoms with van der Waals surface area (Å²) in [5.41, 5.74) is 4.39. The Labute approximate surface area is 165 Å². The molecule has 0 bridgehead atoms. The van der Waals surface area contributed by atoms with Crippen LogP contribution in [0.15, 0.2) is 30.3 Å². The van der Waals surface area contributed by atoms with E-state index in [1.807, 2.05) is 32.0 Å². The summed E-state index contributed by atoms with van der Waals surface area (Å²) < 4.78 is 18.1. The van der Waals surface area contributed by atoms with E-state index in [2.05, 4.69) is 50.2 Å². The second-order valence-corrected chi connectivity index (χ2v) is 13.6. The van der Waals surface area contributed by atoms with Gasteiger partial charge in [0, 0.05) is 12.3 Å². The number of rotatable bonds is 7. The molecule has 1 saturated heterocycles. The minimum absolute atomic E-state index is 0.126. The molecule has 0 aromatic heterocycles. The summed E-state index contributed by atoms with van der Waals surface area (Å²) in [7, 11) is -1.51. The van der Waals surface area contributed by atoms with Gasteiger partial charge in [0.05, 0.1) is 25.4 Å². The van der Waals surface area contributed by atoms with Gasteiger partial charge in [-0.1, -0.05) is 62.8 Å². The molecule has 0 unspecified atom stereocenters. The van der Waals surface area contributed by atoms with Crippen molar-refractivity contribution in [2.24, 2.45) is 5.92 Å². The van der Waals surface area contributed by atoms with Crippen LogP contribution < -0.4 is 0 Å². The highest BCUT2D eigenvalue weighted by Gasteiger charge is 2.44. The first-order valence-corrected chi connectivity index (χ1v) is 13.2. The molecule has 0 spiro atoms. The number of benzene rings is 1. The van der Waals surface area contributed by atoms with E-state index in [1.165, 1.54) is 0 Å². The molecule has 0 aliphatic carbocycles. The van der Waals surface area contributed by atoms with Gasteiger partial charge in [0.15, 0.2) is 5.79 Å². The molecule has 1 aliphatic rings. The van der Waals surface area contributed by atoms with Gasteiger partial charge < -0.3 is 19.3 Å². The molecule has 4 atom stereocenters. The molecule has 27 heavy (non-hydrogen) atoms. The molecular formula is C22H34O4Si. The van der Waals surface area contributed by atoms with Crippen molar-refractivity contribution in [3.05, 3.63) is 35.9 Å². The summed E-state index contributed by atoms with van der Waals surface area (Å²) in [4.78, 5) is 0. The average Bonchev–Trinajstić information content (AvgIpc) is 2.88. The molecule has 4 nitrogen and oxygen atoms in total. The topological polar surface area (TPSA) is 47.9 Å². The van der Waals surface area contributed by atoms with Crippen molar-refractivity contribution in [3.8, 4) is 11.5 Å². The largest absolute Gasteiger partial charge is 0.380 e. The second-order valence-electron chi connectivity index (χ2n) is 8.89. The predicted molar refractivity (Wildman–Crippen MR) is 111 cm³/mol. The SMILES string of the molecule is C[C@@H](COCc1ccccc1)[C@@H]1OC(C)(C)O[C@H]1C[C@@H](O)C#C[Si](C)(C)C. The predicted octanol–water partition coefficient (Wildman–Crippen LogP) is 3.99. The Kier molecular flexibility index (Phi) is 7.67. The van der Waals surface area contributed by atoms with E-state index in [-0.39, 0.29) is 18.1 Å². The van der Waals surface area contributed by atoms with Gasteiger partial charge >= 0.3 is 0 Å². The fourth-order valence-corrected chi connectivity index (χ4v) is 3.74. The maximum Gasteiger partial charge on any atom is 0.163 e. The first kappa shape index (κ1) is 22.1. The lowest BCUT2D eigenvalue weighted by Gasteiger charge is -2.24. The van der Waals surface area contributed by atoms with Gasteiger partial charge in [-0.05, 0) is 19.4 Å². The van der Waals surface area contributed by atoms with Gasteiger partial charge in [-0.2, -0.15) is 0 Å². The highest BCUT2D eigenvalue weighted by atomic mass is 28.3. The smallest absolute Gasteiger partial charge is 0.163 e. The van der Waals surface area contributed by atoms with Crippen molar-refractivity contribution in [1.29, 1.82) is 0 Å². The lowest BCUT2D eigenvalue weighted by Crippen LogP contribution is -2.34. The number of ether oxygens (including phenoxy) is 3. The molecule has 1 aromatic rings. The zero-order valence-corrected chi connectivity index (χ0v) is 18.5. The Balaban J connectivity index is 1.92. The summed E-state index contributed by atoms with van der Waals surface area (Å²) in [6, 6.07) is 10.1. The molecule has 0 radical (unpaired) electrons. The molecule has 1 aliphatic heterocycles. The summed E-state index contributed by atoms with van der Waals surface area (Å²) in [5.74, 6) is 2.49. The van der Waals surface area contributed by atoms with E-state index in [0.717, 1.165) is 5.56 Å². The maximum absolute atomic E-state index is 10.3. The Morgan fingerprint density at radius 1 is 1.19 bits per heavy atom. The van der Waals surface area contributed by atoms with E-state index >= 15 is 0 Å². The number of aliphatic hydroxyl groups is 1. The van der Waals surface area contributed by atoms with Crippen molar-refractivity contribution in [1.82, 2.24) is 0 Å². The Bertz CT molecular complexity index is 642. The van der Waals surface area contributed by atoms with Crippen LogP contribution in [-0.2, 0) is 20.8 Å². The second kappa shape index (κ2) is 9.36. The van der Waals surface area contributed by atoms with Crippen molar-refractivity contribution < 1.29 is 19.3 Å². The first-order chi connectivity index (χ1) is 12.6. The van der Waals surface area contributed by atoms with Gasteiger partial charge in [0.25, 0.3) is 0 Å². The molecule has 1 N–H and O–H groups in total. The monoisotopic (exact) mass is 390 g/mol. The summed E-state index contributed by atoms with van der Waals surface area (Å²) in [6.07, 6.45) is -0.561. The third-order valence-electron chi connectivity index (χ3n) is 4.34. The van der Waals surface area contributed by atoms with Crippen LogP contribution in [0.1, 0.15) is 32.8 Å². The van der Waals surface area contributed by atoms with Crippen LogP contribution in [0.25, 0.3) is 0 Å². The lowest BCUT2D eigenvalue weighted by molar-refractivity contribution is -0.153. The standard InChI is InChI=1S/C22H34O4Si/c1-17(15-24-16-18-10-8-7-9-11-18)21-20(25-22(2,3)26-21)14-19(23)12-13-27(4,5)6/h7-11,17,19-21,23H,14-16H2,1-6H3/t17-,19-,20-,21-/m0/s1. The van der Waals surface area contributed by atoms with E-state index < -0.39 is 20.0 Å². The van der Waals surface area contributed by atoms with Crippen LogP contribution in [0, 0.1) is 17.4 Å². The van der Waals surface area contributed by atoms with Crippen molar-refractivity contribution in [3.63, 3.8) is 0 Å². The molecule has 1 heterocycles. The van der Waals surface area contributed by atoms with Crippen LogP contribution in [0.3, 0.4) is 0 Å². The van der Waals surface area contributed by atoms with Crippen LogP contribution in [0.2, 0.25) is 19.6 Å². The Morgan fingerprint density at radius 3 is 2.48 bits per heavy atom. The number of aliphatic hydroxyl groups excluding tert-OH is 1. The third kappa shape index (κ3) is 7.77. The summed E-state index contributed by atoms with van der Waals surface area (Å²) >= 11 is 0. The minimum atomic E-state index is -1.51. The zero-order chi connectivity index (χ0) is 20.1. The first-order valence-electron chi connectivity index (χ1n) is 9.74. The molecule has 0 amide bonds. The average molecular weight is 391 g/mol. The van der Waals surface area contributed by atoms with E-state index in [0.29, 0.717) is 19.6 Å². The number of hydrogen-bond donors (Lipinski definition) is 1. The van der Waals surface area contributed by atoms with Crippen LogP contribution in [-0.4, -0.2) is 43.9 Å². The molecule has 1 aromatic carbocycles. The van der Waals surface area contributed by atoms with Crippen molar-refractivity contribution >= 4 is 8.07 Å². The van der Waals surface area contributed by atoms with Gasteiger partial charge in [-0.25, -0.2) is 0 Å². The van der Waals surface area contributed by atoms with E-state index in [4.69, 9.17) is 14.2 Å². The van der Waals surface area contributed by atoms with Gasteiger partial charge in [0.2, 0.25) is 0 Å². The van der Waals surface area contributed by atoms with Crippen LogP contribution >= 0.6 is 0 Å². The quantitative estimate of drug-likeness (QED) is 0.565. The molecule has 1 fully saturated rings. The van der Waals surface area contributed by atoms with Gasteiger partial charge in [0.1, 0.15) is 14.2 Å². The van der Waals surface area contributed by atoms with E-state index in [1.54, 1.807) is 0 Å². The highest BCUT2D eigenvalue weighted by Crippen LogP contribution is 2.34. The summed E-state index contributed by atoms with van der Waals surface area (Å²) in [5, 5.41) is 10.3. The Morgan fingerprint density at radius 2 is 1.85 bits per heavy atom. The number of hydrogen-bond acceptors (Lipinski definition) is 4. The van der Waals surface area contributed by atoms with Crippen LogP contribution in [0.4, 0.5) is 0 Å². The fraction of sp³-hybridized carbons (Fsp3) is 0.636. The molecule has 0 saturated carbocycles. The van der Waals surface area contributed by atoms with Crippen LogP contribution in [0.5, 0.6) is 0 Å². The Hall–Kier alpha value is -1.16. The molecule has 150 valence electrons. The third-order valence-corrected chi connectivity index (χ3v) is 5.24. The fourth-order valence-electron chi connectivity index (χ4n) is 3.14. The summed E-state index contributed by atoms with van der Waals surface area (Å²) in [6.45, 7) is 13.6. The van der Waals surface area contributed by atoms with Gasteiger partial charge in [-0.3, -0.25) is 0 Å². The van der Waals surface area contributed by atoms with Crippen molar-refractivity contribution in [2.75, 3.05) is 6.61 Å². The zero-order valence-electron chi connectivity index (χ0n) is 17.5. The lowest BCUT2D eigenvalue weighted by atomic mass is 9.97. The molecular weight excluding hydrogens is 356 g/mol. The highest BCUT2D eigenvalue weighted by molar-refractivity contribution is 6.83. The van der Waals surface area contributed by atoms with Gasteiger partial charge in [-0.15, -0.1) is 5.54 Å². The van der Waals surface area contributed by atoms with E-state index in [9.17, 15) is 5.11 Å².